The molecule has 0 aromatic rings. The van der Waals surface area contributed by atoms with Crippen LogP contribution in [0.15, 0.2) is 11.5 Å². The predicted molar refractivity (Wildman–Crippen MR) is 62.7 cm³/mol. The number of hydrogen-bond donors (Lipinski definition) is 1. The average molecular weight is 233 g/mol. The van der Waals surface area contributed by atoms with Crippen LogP contribution in [0.3, 0.4) is 0 Å². The molecule has 92 valence electrons. The standard InChI is InChI=1S/C14H19NO2/c15-14-13(11(16)6-17-14)12-9-2-7-1-8(4-9)5-10(12)3-7/h7-10,12H,1-6,15H2. The van der Waals surface area contributed by atoms with Gasteiger partial charge in [0.1, 0.15) is 0 Å². The van der Waals surface area contributed by atoms with Gasteiger partial charge in [-0.15, -0.1) is 0 Å². The fraction of sp³-hybridized carbons (Fsp3) is 0.786. The lowest BCUT2D eigenvalue weighted by Gasteiger charge is -2.54. The summed E-state index contributed by atoms with van der Waals surface area (Å²) in [6, 6.07) is 0. The predicted octanol–water partition coefficient (Wildman–Crippen LogP) is 1.83. The molecule has 0 atom stereocenters. The Morgan fingerprint density at radius 2 is 1.59 bits per heavy atom. The highest BCUT2D eigenvalue weighted by atomic mass is 16.5. The summed E-state index contributed by atoms with van der Waals surface area (Å²) in [7, 11) is 0. The van der Waals surface area contributed by atoms with E-state index < -0.39 is 0 Å². The van der Waals surface area contributed by atoms with Crippen LogP contribution >= 0.6 is 0 Å². The Labute approximate surface area is 101 Å². The van der Waals surface area contributed by atoms with Crippen molar-refractivity contribution in [3.63, 3.8) is 0 Å². The number of carbonyl (C=O) groups excluding carboxylic acids is 1. The van der Waals surface area contributed by atoms with Crippen molar-refractivity contribution in [2.45, 2.75) is 32.1 Å². The minimum absolute atomic E-state index is 0.153. The Kier molecular flexibility index (Phi) is 1.92. The molecule has 0 saturated heterocycles. The summed E-state index contributed by atoms with van der Waals surface area (Å²) in [5.41, 5.74) is 6.75. The van der Waals surface area contributed by atoms with Crippen molar-refractivity contribution < 1.29 is 9.53 Å². The number of hydrogen-bond acceptors (Lipinski definition) is 3. The van der Waals surface area contributed by atoms with Crippen molar-refractivity contribution >= 4 is 5.78 Å². The van der Waals surface area contributed by atoms with E-state index in [1.807, 2.05) is 0 Å². The van der Waals surface area contributed by atoms with E-state index in [2.05, 4.69) is 0 Å². The molecular weight excluding hydrogens is 214 g/mol. The molecule has 0 radical (unpaired) electrons. The van der Waals surface area contributed by atoms with E-state index in [9.17, 15) is 4.79 Å². The number of carbonyl (C=O) groups is 1. The summed E-state index contributed by atoms with van der Waals surface area (Å²) >= 11 is 0. The normalized spacial score (nSPS) is 47.8. The van der Waals surface area contributed by atoms with Gasteiger partial charge in [0.25, 0.3) is 0 Å². The van der Waals surface area contributed by atoms with E-state index in [1.54, 1.807) is 0 Å². The van der Waals surface area contributed by atoms with Gasteiger partial charge in [0.05, 0.1) is 5.57 Å². The second-order valence-corrected chi connectivity index (χ2v) is 6.45. The molecule has 0 amide bonds. The lowest BCUT2D eigenvalue weighted by atomic mass is 9.50. The molecule has 0 spiro atoms. The molecule has 5 rings (SSSR count). The quantitative estimate of drug-likeness (QED) is 0.751. The Morgan fingerprint density at radius 3 is 2.06 bits per heavy atom. The lowest BCUT2D eigenvalue weighted by Crippen LogP contribution is -2.46. The summed E-state index contributed by atoms with van der Waals surface area (Å²) in [6.07, 6.45) is 6.73. The van der Waals surface area contributed by atoms with Crippen LogP contribution in [-0.2, 0) is 9.53 Å². The van der Waals surface area contributed by atoms with Crippen LogP contribution in [0.4, 0.5) is 0 Å². The SMILES string of the molecule is NC1=C(C2C3CC4CC(C3)CC2C4)C(=O)CO1. The Hall–Kier alpha value is -0.990. The summed E-state index contributed by atoms with van der Waals surface area (Å²) in [4.78, 5) is 11.9. The van der Waals surface area contributed by atoms with E-state index in [1.165, 1.54) is 32.1 Å². The highest BCUT2D eigenvalue weighted by molar-refractivity contribution is 5.99. The molecule has 4 saturated carbocycles. The zero-order valence-electron chi connectivity index (χ0n) is 10.0. The highest BCUT2D eigenvalue weighted by Crippen LogP contribution is 2.58. The Bertz CT molecular complexity index is 384. The van der Waals surface area contributed by atoms with Gasteiger partial charge >= 0.3 is 0 Å². The van der Waals surface area contributed by atoms with Gasteiger partial charge < -0.3 is 10.5 Å². The van der Waals surface area contributed by atoms with Crippen LogP contribution < -0.4 is 5.73 Å². The number of ketones is 1. The Morgan fingerprint density at radius 1 is 1.00 bits per heavy atom. The monoisotopic (exact) mass is 233 g/mol. The van der Waals surface area contributed by atoms with Gasteiger partial charge in [-0.05, 0) is 61.7 Å². The summed E-state index contributed by atoms with van der Waals surface area (Å²) in [5, 5.41) is 0. The van der Waals surface area contributed by atoms with Crippen molar-refractivity contribution in [3.8, 4) is 0 Å². The minimum atomic E-state index is 0.153. The molecule has 0 unspecified atom stereocenters. The summed E-state index contributed by atoms with van der Waals surface area (Å²) < 4.78 is 5.24. The van der Waals surface area contributed by atoms with E-state index in [-0.39, 0.29) is 12.4 Å². The first-order valence-corrected chi connectivity index (χ1v) is 6.88. The van der Waals surface area contributed by atoms with E-state index >= 15 is 0 Å². The van der Waals surface area contributed by atoms with Gasteiger partial charge in [-0.2, -0.15) is 0 Å². The molecule has 17 heavy (non-hydrogen) atoms. The van der Waals surface area contributed by atoms with Crippen molar-refractivity contribution in [1.82, 2.24) is 0 Å². The van der Waals surface area contributed by atoms with Crippen LogP contribution in [-0.4, -0.2) is 12.4 Å². The number of nitrogens with two attached hydrogens (primary N) is 1. The van der Waals surface area contributed by atoms with Gasteiger partial charge in [0, 0.05) is 0 Å². The van der Waals surface area contributed by atoms with E-state index in [0.29, 0.717) is 23.6 Å². The molecule has 0 aromatic carbocycles. The van der Waals surface area contributed by atoms with E-state index in [0.717, 1.165) is 17.4 Å². The maximum Gasteiger partial charge on any atom is 0.201 e. The molecule has 4 aliphatic carbocycles. The van der Waals surface area contributed by atoms with Gasteiger partial charge in [-0.1, -0.05) is 0 Å². The average Bonchev–Trinajstić information content (AvgIpc) is 2.59. The third-order valence-electron chi connectivity index (χ3n) is 5.48. The molecule has 4 bridgehead atoms. The van der Waals surface area contributed by atoms with Crippen LogP contribution in [0.25, 0.3) is 0 Å². The maximum atomic E-state index is 11.9. The molecule has 1 heterocycles. The van der Waals surface area contributed by atoms with Crippen molar-refractivity contribution in [3.05, 3.63) is 11.5 Å². The van der Waals surface area contributed by atoms with Crippen LogP contribution in [0.1, 0.15) is 32.1 Å². The molecule has 5 aliphatic rings. The molecule has 3 heteroatoms. The maximum absolute atomic E-state index is 11.9. The summed E-state index contributed by atoms with van der Waals surface area (Å²) in [5.74, 6) is 4.32. The molecule has 1 aliphatic heterocycles. The second kappa shape index (κ2) is 3.27. The molecule has 3 nitrogen and oxygen atoms in total. The van der Waals surface area contributed by atoms with Crippen LogP contribution in [0.2, 0.25) is 0 Å². The number of rotatable bonds is 1. The molecule has 2 N–H and O–H groups in total. The fourth-order valence-electron chi connectivity index (χ4n) is 5.18. The molecule has 4 fully saturated rings. The van der Waals surface area contributed by atoms with Crippen molar-refractivity contribution in [2.24, 2.45) is 35.3 Å². The fourth-order valence-corrected chi connectivity index (χ4v) is 5.18. The summed E-state index contributed by atoms with van der Waals surface area (Å²) in [6.45, 7) is 0.184. The van der Waals surface area contributed by atoms with Gasteiger partial charge in [-0.25, -0.2) is 0 Å². The first kappa shape index (κ1) is 9.98. The second-order valence-electron chi connectivity index (χ2n) is 6.45. The van der Waals surface area contributed by atoms with E-state index in [4.69, 9.17) is 10.5 Å². The zero-order chi connectivity index (χ0) is 11.6. The topological polar surface area (TPSA) is 52.3 Å². The highest BCUT2D eigenvalue weighted by Gasteiger charge is 2.51. The van der Waals surface area contributed by atoms with Crippen molar-refractivity contribution in [2.75, 3.05) is 6.61 Å². The first-order valence-electron chi connectivity index (χ1n) is 6.88. The van der Waals surface area contributed by atoms with Crippen molar-refractivity contribution in [1.29, 1.82) is 0 Å². The largest absolute Gasteiger partial charge is 0.471 e. The number of ether oxygens (including phenoxy) is 1. The smallest absolute Gasteiger partial charge is 0.201 e. The first-order chi connectivity index (χ1) is 8.22. The molecular formula is C14H19NO2. The minimum Gasteiger partial charge on any atom is -0.471 e. The van der Waals surface area contributed by atoms with Crippen LogP contribution in [0, 0.1) is 29.6 Å². The van der Waals surface area contributed by atoms with Gasteiger partial charge in [-0.3, -0.25) is 4.79 Å². The molecule has 0 aromatic heterocycles. The lowest BCUT2D eigenvalue weighted by molar-refractivity contribution is -0.118. The van der Waals surface area contributed by atoms with Crippen LogP contribution in [0.5, 0.6) is 0 Å². The van der Waals surface area contributed by atoms with Gasteiger partial charge in [0.2, 0.25) is 5.78 Å². The Balaban J connectivity index is 1.71. The third-order valence-corrected chi connectivity index (χ3v) is 5.48. The third kappa shape index (κ3) is 1.31. The van der Waals surface area contributed by atoms with Gasteiger partial charge in [0.15, 0.2) is 12.5 Å². The number of Topliss-reactive ketones (excluding diaryl/α,β-unsaturated/α-hetero) is 1. The zero-order valence-corrected chi connectivity index (χ0v) is 10.0.